The molecule has 0 heterocycles. The lowest BCUT2D eigenvalue weighted by Crippen LogP contribution is -2.36. The maximum absolute atomic E-state index is 9.21. The van der Waals surface area contributed by atoms with Crippen LogP contribution in [-0.4, -0.2) is 29.2 Å². The number of nitrogens with zero attached hydrogens (tertiary/aromatic N) is 1. The van der Waals surface area contributed by atoms with Gasteiger partial charge in [0.05, 0.1) is 6.61 Å². The molecular formula is C15H25ClN2O. The van der Waals surface area contributed by atoms with E-state index in [4.69, 9.17) is 17.3 Å². The molecule has 0 fully saturated rings. The van der Waals surface area contributed by atoms with Crippen LogP contribution in [0.15, 0.2) is 18.2 Å². The van der Waals surface area contributed by atoms with Crippen molar-refractivity contribution >= 4 is 11.6 Å². The quantitative estimate of drug-likeness (QED) is 0.772. The van der Waals surface area contributed by atoms with Crippen LogP contribution in [0.25, 0.3) is 0 Å². The summed E-state index contributed by atoms with van der Waals surface area (Å²) in [7, 11) is 0. The highest BCUT2D eigenvalue weighted by Gasteiger charge is 2.16. The van der Waals surface area contributed by atoms with Crippen molar-refractivity contribution in [1.82, 2.24) is 4.90 Å². The number of hydrogen-bond acceptors (Lipinski definition) is 3. The minimum atomic E-state index is 0.176. The van der Waals surface area contributed by atoms with Crippen LogP contribution >= 0.6 is 11.6 Å². The van der Waals surface area contributed by atoms with Gasteiger partial charge in [0.1, 0.15) is 0 Å². The van der Waals surface area contributed by atoms with Crippen molar-refractivity contribution < 1.29 is 5.11 Å². The zero-order valence-electron chi connectivity index (χ0n) is 11.9. The van der Waals surface area contributed by atoms with Crippen LogP contribution in [0.4, 0.5) is 0 Å². The highest BCUT2D eigenvalue weighted by molar-refractivity contribution is 6.31. The van der Waals surface area contributed by atoms with Crippen molar-refractivity contribution in [2.24, 2.45) is 5.73 Å². The molecule has 3 nitrogen and oxygen atoms in total. The Hall–Kier alpha value is -0.610. The molecule has 0 atom stereocenters. The molecule has 0 bridgehead atoms. The number of halogens is 1. The molecule has 0 aliphatic rings. The van der Waals surface area contributed by atoms with Gasteiger partial charge in [-0.25, -0.2) is 0 Å². The summed E-state index contributed by atoms with van der Waals surface area (Å²) in [5.74, 6) is 0. The predicted octanol–water partition coefficient (Wildman–Crippen LogP) is 2.78. The minimum absolute atomic E-state index is 0.176. The van der Waals surface area contributed by atoms with Crippen molar-refractivity contribution in [2.75, 3.05) is 13.2 Å². The maximum atomic E-state index is 9.21. The van der Waals surface area contributed by atoms with Gasteiger partial charge in [-0.15, -0.1) is 0 Å². The lowest BCUT2D eigenvalue weighted by molar-refractivity contribution is 0.136. The second-order valence-corrected chi connectivity index (χ2v) is 5.20. The van der Waals surface area contributed by atoms with Gasteiger partial charge in [-0.3, -0.25) is 4.90 Å². The van der Waals surface area contributed by atoms with Gasteiger partial charge in [-0.1, -0.05) is 37.6 Å². The van der Waals surface area contributed by atoms with E-state index >= 15 is 0 Å². The van der Waals surface area contributed by atoms with Crippen molar-refractivity contribution in [1.29, 1.82) is 0 Å². The van der Waals surface area contributed by atoms with Gasteiger partial charge in [-0.05, 0) is 30.0 Å². The SMILES string of the molecule is CCC(CC)N(CCO)Cc1ccc(CN)cc1Cl. The fourth-order valence-corrected chi connectivity index (χ4v) is 2.65. The zero-order valence-corrected chi connectivity index (χ0v) is 12.7. The first-order valence-electron chi connectivity index (χ1n) is 6.98. The molecule has 0 saturated heterocycles. The predicted molar refractivity (Wildman–Crippen MR) is 81.2 cm³/mol. The van der Waals surface area contributed by atoms with Crippen LogP contribution in [0.3, 0.4) is 0 Å². The number of hydrogen-bond donors (Lipinski definition) is 2. The molecule has 0 amide bonds. The van der Waals surface area contributed by atoms with Crippen LogP contribution in [0.5, 0.6) is 0 Å². The number of benzene rings is 1. The monoisotopic (exact) mass is 284 g/mol. The van der Waals surface area contributed by atoms with Crippen LogP contribution in [0, 0.1) is 0 Å². The molecule has 0 spiro atoms. The summed E-state index contributed by atoms with van der Waals surface area (Å²) in [6, 6.07) is 6.47. The molecule has 0 saturated carbocycles. The minimum Gasteiger partial charge on any atom is -0.395 e. The van der Waals surface area contributed by atoms with E-state index in [2.05, 4.69) is 18.7 Å². The molecule has 1 aromatic carbocycles. The molecule has 0 aromatic heterocycles. The maximum Gasteiger partial charge on any atom is 0.0558 e. The highest BCUT2D eigenvalue weighted by atomic mass is 35.5. The summed E-state index contributed by atoms with van der Waals surface area (Å²) in [5, 5.41) is 9.98. The zero-order chi connectivity index (χ0) is 14.3. The van der Waals surface area contributed by atoms with Crippen molar-refractivity contribution in [3.8, 4) is 0 Å². The van der Waals surface area contributed by atoms with Gasteiger partial charge >= 0.3 is 0 Å². The number of nitrogens with two attached hydrogens (primary N) is 1. The first-order chi connectivity index (χ1) is 9.15. The van der Waals surface area contributed by atoms with Crippen LogP contribution < -0.4 is 5.73 Å². The summed E-state index contributed by atoms with van der Waals surface area (Å²) < 4.78 is 0. The molecule has 3 N–H and O–H groups in total. The van der Waals surface area contributed by atoms with Gasteiger partial charge in [-0.2, -0.15) is 0 Å². The molecule has 1 rings (SSSR count). The molecular weight excluding hydrogens is 260 g/mol. The highest BCUT2D eigenvalue weighted by Crippen LogP contribution is 2.21. The Balaban J connectivity index is 2.83. The molecule has 4 heteroatoms. The third kappa shape index (κ3) is 4.77. The van der Waals surface area contributed by atoms with Crippen molar-refractivity contribution in [3.63, 3.8) is 0 Å². The summed E-state index contributed by atoms with van der Waals surface area (Å²) >= 11 is 6.30. The number of rotatable bonds is 8. The molecule has 0 aliphatic heterocycles. The molecule has 1 aromatic rings. The van der Waals surface area contributed by atoms with E-state index in [1.54, 1.807) is 0 Å². The molecule has 0 unspecified atom stereocenters. The Morgan fingerprint density at radius 1 is 1.32 bits per heavy atom. The average Bonchev–Trinajstić information content (AvgIpc) is 2.42. The average molecular weight is 285 g/mol. The Bertz CT molecular complexity index is 380. The van der Waals surface area contributed by atoms with E-state index in [-0.39, 0.29) is 6.61 Å². The Morgan fingerprint density at radius 3 is 2.47 bits per heavy atom. The lowest BCUT2D eigenvalue weighted by Gasteiger charge is -2.30. The van der Waals surface area contributed by atoms with E-state index in [0.29, 0.717) is 19.1 Å². The molecule has 0 aliphatic carbocycles. The lowest BCUT2D eigenvalue weighted by atomic mass is 10.1. The Kier molecular flexibility index (Phi) is 7.39. The third-order valence-electron chi connectivity index (χ3n) is 3.57. The molecule has 0 radical (unpaired) electrons. The smallest absolute Gasteiger partial charge is 0.0558 e. The van der Waals surface area contributed by atoms with Crippen molar-refractivity contribution in [2.45, 2.75) is 45.8 Å². The van der Waals surface area contributed by atoms with Gasteiger partial charge in [0.2, 0.25) is 0 Å². The molecule has 19 heavy (non-hydrogen) atoms. The summed E-state index contributed by atoms with van der Waals surface area (Å²) in [6.07, 6.45) is 2.16. The number of aliphatic hydroxyl groups excluding tert-OH is 1. The first kappa shape index (κ1) is 16.4. The Labute approximate surface area is 121 Å². The second-order valence-electron chi connectivity index (χ2n) is 4.79. The van der Waals surface area contributed by atoms with E-state index in [1.807, 2.05) is 18.2 Å². The van der Waals surface area contributed by atoms with E-state index in [9.17, 15) is 5.11 Å². The topological polar surface area (TPSA) is 49.5 Å². The summed E-state index contributed by atoms with van der Waals surface area (Å²) in [4.78, 5) is 2.29. The Morgan fingerprint density at radius 2 is 2.00 bits per heavy atom. The summed E-state index contributed by atoms with van der Waals surface area (Å²) in [5.41, 5.74) is 7.75. The third-order valence-corrected chi connectivity index (χ3v) is 3.92. The number of aliphatic hydroxyl groups is 1. The van der Waals surface area contributed by atoms with Crippen LogP contribution in [0.1, 0.15) is 37.8 Å². The second kappa shape index (κ2) is 8.54. The fraction of sp³-hybridized carbons (Fsp3) is 0.600. The van der Waals surface area contributed by atoms with Crippen LogP contribution in [0.2, 0.25) is 5.02 Å². The first-order valence-corrected chi connectivity index (χ1v) is 7.36. The van der Waals surface area contributed by atoms with Gasteiger partial charge in [0.25, 0.3) is 0 Å². The van der Waals surface area contributed by atoms with Gasteiger partial charge in [0.15, 0.2) is 0 Å². The van der Waals surface area contributed by atoms with Gasteiger partial charge < -0.3 is 10.8 Å². The normalized spacial score (nSPS) is 11.5. The van der Waals surface area contributed by atoms with E-state index in [1.165, 1.54) is 0 Å². The van der Waals surface area contributed by atoms with Crippen LogP contribution in [-0.2, 0) is 13.1 Å². The fourth-order valence-electron chi connectivity index (χ4n) is 2.39. The summed E-state index contributed by atoms with van der Waals surface area (Å²) in [6.45, 7) is 6.50. The van der Waals surface area contributed by atoms with Crippen molar-refractivity contribution in [3.05, 3.63) is 34.3 Å². The standard InChI is InChI=1S/C15H25ClN2O/c1-3-14(4-2)18(7-8-19)11-13-6-5-12(10-17)9-15(13)16/h5-6,9,14,19H,3-4,7-8,10-11,17H2,1-2H3. The molecule has 108 valence electrons. The van der Waals surface area contributed by atoms with E-state index < -0.39 is 0 Å². The van der Waals surface area contributed by atoms with E-state index in [0.717, 1.165) is 35.5 Å². The largest absolute Gasteiger partial charge is 0.395 e. The van der Waals surface area contributed by atoms with Gasteiger partial charge in [0, 0.05) is 30.7 Å².